The van der Waals surface area contributed by atoms with Crippen LogP contribution in [0.15, 0.2) is 53.1 Å². The molecule has 0 saturated heterocycles. The summed E-state index contributed by atoms with van der Waals surface area (Å²) >= 11 is 0. The number of aromatic nitrogens is 1. The molecule has 0 saturated carbocycles. The van der Waals surface area contributed by atoms with Gasteiger partial charge in [-0.25, -0.2) is 4.39 Å². The summed E-state index contributed by atoms with van der Waals surface area (Å²) in [4.78, 5) is 23.8. The van der Waals surface area contributed by atoms with Gasteiger partial charge in [0, 0.05) is 11.3 Å². The van der Waals surface area contributed by atoms with Crippen molar-refractivity contribution < 1.29 is 23.2 Å². The monoisotopic (exact) mass is 368 g/mol. The van der Waals surface area contributed by atoms with Crippen LogP contribution in [0.3, 0.4) is 0 Å². The average Bonchev–Trinajstić information content (AvgIpc) is 3.02. The van der Waals surface area contributed by atoms with E-state index in [2.05, 4.69) is 10.5 Å². The molecular formula is C20H17FN2O4. The lowest BCUT2D eigenvalue weighted by Gasteiger charge is -2.08. The van der Waals surface area contributed by atoms with Crippen LogP contribution in [0.4, 0.5) is 10.1 Å². The average molecular weight is 368 g/mol. The molecule has 6 nitrogen and oxygen atoms in total. The molecule has 0 atom stereocenters. The third kappa shape index (κ3) is 4.20. The number of Topliss-reactive ketones (excluding diaryl/α,β-unsaturated/α-hetero) is 1. The van der Waals surface area contributed by atoms with E-state index in [0.717, 1.165) is 0 Å². The van der Waals surface area contributed by atoms with E-state index in [-0.39, 0.29) is 23.8 Å². The molecule has 27 heavy (non-hydrogen) atoms. The van der Waals surface area contributed by atoms with Crippen molar-refractivity contribution in [2.24, 2.45) is 0 Å². The molecule has 7 heteroatoms. The molecule has 138 valence electrons. The Bertz CT molecular complexity index is 980. The minimum absolute atomic E-state index is 0.0551. The first kappa shape index (κ1) is 18.3. The summed E-state index contributed by atoms with van der Waals surface area (Å²) in [6.07, 6.45) is 0. The number of aryl methyl sites for hydroxylation is 1. The minimum Gasteiger partial charge on any atom is -0.486 e. The molecule has 0 unspecified atom stereocenters. The smallest absolute Gasteiger partial charge is 0.278 e. The maximum Gasteiger partial charge on any atom is 0.278 e. The van der Waals surface area contributed by atoms with Gasteiger partial charge in [0.2, 0.25) is 0 Å². The molecule has 1 N–H and O–H groups in total. The van der Waals surface area contributed by atoms with Crippen molar-refractivity contribution >= 4 is 17.4 Å². The largest absolute Gasteiger partial charge is 0.486 e. The van der Waals surface area contributed by atoms with Crippen LogP contribution in [0.5, 0.6) is 5.75 Å². The number of hydrogen-bond donors (Lipinski definition) is 1. The third-order valence-corrected chi connectivity index (χ3v) is 3.96. The number of rotatable bonds is 6. The molecule has 1 heterocycles. The SMILES string of the molecule is CC(=O)c1ccc(NC(=O)c2noc(C)c2COc2ccccc2F)cc1. The number of carbonyl (C=O) groups excluding carboxylic acids is 2. The third-order valence-electron chi connectivity index (χ3n) is 3.96. The van der Waals surface area contributed by atoms with Gasteiger partial charge in [0.25, 0.3) is 5.91 Å². The van der Waals surface area contributed by atoms with Gasteiger partial charge in [-0.15, -0.1) is 0 Å². The van der Waals surface area contributed by atoms with E-state index in [4.69, 9.17) is 9.26 Å². The fraction of sp³-hybridized carbons (Fsp3) is 0.150. The molecular weight excluding hydrogens is 351 g/mol. The van der Waals surface area contributed by atoms with Crippen molar-refractivity contribution in [2.75, 3.05) is 5.32 Å². The molecule has 1 amide bonds. The number of amides is 1. The molecule has 1 aromatic heterocycles. The number of anilines is 1. The second-order valence-electron chi connectivity index (χ2n) is 5.87. The lowest BCUT2D eigenvalue weighted by Crippen LogP contribution is -2.15. The minimum atomic E-state index is -0.497. The van der Waals surface area contributed by atoms with Crippen molar-refractivity contribution in [3.8, 4) is 5.75 Å². The molecule has 0 aliphatic heterocycles. The standard InChI is InChI=1S/C20H17FN2O4/c1-12(24)14-7-9-15(10-8-14)22-20(25)19-16(13(2)27-23-19)11-26-18-6-4-3-5-17(18)21/h3-10H,11H2,1-2H3,(H,22,25). The Kier molecular flexibility index (Phi) is 5.30. The van der Waals surface area contributed by atoms with E-state index < -0.39 is 11.7 Å². The van der Waals surface area contributed by atoms with Crippen LogP contribution in [-0.2, 0) is 6.61 Å². The van der Waals surface area contributed by atoms with E-state index >= 15 is 0 Å². The van der Waals surface area contributed by atoms with Gasteiger partial charge in [-0.1, -0.05) is 17.3 Å². The number of carbonyl (C=O) groups is 2. The van der Waals surface area contributed by atoms with Crippen LogP contribution >= 0.6 is 0 Å². The van der Waals surface area contributed by atoms with Crippen molar-refractivity contribution in [3.63, 3.8) is 0 Å². The van der Waals surface area contributed by atoms with Gasteiger partial charge in [0.1, 0.15) is 12.4 Å². The Balaban J connectivity index is 1.74. The number of ether oxygens (including phenoxy) is 1. The van der Waals surface area contributed by atoms with E-state index in [1.54, 1.807) is 43.3 Å². The van der Waals surface area contributed by atoms with E-state index in [9.17, 15) is 14.0 Å². The molecule has 3 rings (SSSR count). The number of nitrogens with zero attached hydrogens (tertiary/aromatic N) is 1. The lowest BCUT2D eigenvalue weighted by atomic mass is 10.1. The fourth-order valence-electron chi connectivity index (χ4n) is 2.43. The highest BCUT2D eigenvalue weighted by atomic mass is 19.1. The number of benzene rings is 2. The Morgan fingerprint density at radius 3 is 2.52 bits per heavy atom. The van der Waals surface area contributed by atoms with E-state index in [1.165, 1.54) is 19.1 Å². The van der Waals surface area contributed by atoms with Crippen LogP contribution in [0, 0.1) is 12.7 Å². The maximum atomic E-state index is 13.7. The number of halogens is 1. The molecule has 0 aliphatic carbocycles. The topological polar surface area (TPSA) is 81.4 Å². The summed E-state index contributed by atoms with van der Waals surface area (Å²) in [6, 6.07) is 12.5. The fourth-order valence-corrected chi connectivity index (χ4v) is 2.43. The normalized spacial score (nSPS) is 10.5. The second kappa shape index (κ2) is 7.82. The van der Waals surface area contributed by atoms with Crippen LogP contribution in [0.1, 0.15) is 39.1 Å². The van der Waals surface area contributed by atoms with Gasteiger partial charge in [0.05, 0.1) is 5.56 Å². The Morgan fingerprint density at radius 2 is 1.85 bits per heavy atom. The number of ketones is 1. The van der Waals surface area contributed by atoms with Gasteiger partial charge in [-0.3, -0.25) is 9.59 Å². The molecule has 0 bridgehead atoms. The summed E-state index contributed by atoms with van der Waals surface area (Å²) in [5.41, 5.74) is 1.53. The summed E-state index contributed by atoms with van der Waals surface area (Å²) in [5.74, 6) is -0.571. The van der Waals surface area contributed by atoms with Gasteiger partial charge in [-0.2, -0.15) is 0 Å². The number of para-hydroxylation sites is 1. The first-order chi connectivity index (χ1) is 13.0. The zero-order valence-electron chi connectivity index (χ0n) is 14.8. The summed E-state index contributed by atoms with van der Waals surface area (Å²) < 4.78 is 24.2. The summed E-state index contributed by atoms with van der Waals surface area (Å²) in [6.45, 7) is 3.04. The highest BCUT2D eigenvalue weighted by molar-refractivity contribution is 6.04. The van der Waals surface area contributed by atoms with Gasteiger partial charge < -0.3 is 14.6 Å². The predicted molar refractivity (Wildman–Crippen MR) is 96.4 cm³/mol. The highest BCUT2D eigenvalue weighted by Crippen LogP contribution is 2.21. The summed E-state index contributed by atoms with van der Waals surface area (Å²) in [7, 11) is 0. The molecule has 3 aromatic rings. The van der Waals surface area contributed by atoms with Gasteiger partial charge >= 0.3 is 0 Å². The van der Waals surface area contributed by atoms with Crippen LogP contribution < -0.4 is 10.1 Å². The number of hydrogen-bond acceptors (Lipinski definition) is 5. The van der Waals surface area contributed by atoms with Gasteiger partial charge in [0.15, 0.2) is 23.0 Å². The molecule has 2 aromatic carbocycles. The molecule has 0 radical (unpaired) electrons. The molecule has 0 fully saturated rings. The molecule has 0 aliphatic rings. The number of nitrogens with one attached hydrogen (secondary N) is 1. The van der Waals surface area contributed by atoms with Crippen LogP contribution in [-0.4, -0.2) is 16.8 Å². The van der Waals surface area contributed by atoms with Crippen molar-refractivity contribution in [1.29, 1.82) is 0 Å². The maximum absolute atomic E-state index is 13.7. The zero-order valence-corrected chi connectivity index (χ0v) is 14.8. The summed E-state index contributed by atoms with van der Waals surface area (Å²) in [5, 5.41) is 6.46. The lowest BCUT2D eigenvalue weighted by molar-refractivity contribution is 0.101. The first-order valence-corrected chi connectivity index (χ1v) is 8.20. The highest BCUT2D eigenvalue weighted by Gasteiger charge is 2.21. The Labute approximate surface area is 154 Å². The zero-order chi connectivity index (χ0) is 19.4. The van der Waals surface area contributed by atoms with Crippen molar-refractivity contribution in [2.45, 2.75) is 20.5 Å². The Morgan fingerprint density at radius 1 is 1.15 bits per heavy atom. The van der Waals surface area contributed by atoms with Crippen molar-refractivity contribution in [3.05, 3.63) is 76.9 Å². The van der Waals surface area contributed by atoms with Crippen molar-refractivity contribution in [1.82, 2.24) is 5.16 Å². The molecule has 0 spiro atoms. The van der Waals surface area contributed by atoms with Crippen LogP contribution in [0.2, 0.25) is 0 Å². The quantitative estimate of drug-likeness (QED) is 0.661. The van der Waals surface area contributed by atoms with Crippen LogP contribution in [0.25, 0.3) is 0 Å². The predicted octanol–water partition coefficient (Wildman–Crippen LogP) is 4.16. The van der Waals surface area contributed by atoms with E-state index in [1.807, 2.05) is 0 Å². The van der Waals surface area contributed by atoms with Gasteiger partial charge in [-0.05, 0) is 50.2 Å². The van der Waals surface area contributed by atoms with E-state index in [0.29, 0.717) is 22.6 Å². The first-order valence-electron chi connectivity index (χ1n) is 8.20. The second-order valence-corrected chi connectivity index (χ2v) is 5.87. The Hall–Kier alpha value is -3.48.